The lowest BCUT2D eigenvalue weighted by Gasteiger charge is -2.42. The summed E-state index contributed by atoms with van der Waals surface area (Å²) >= 11 is 12.4. The van der Waals surface area contributed by atoms with Crippen molar-refractivity contribution >= 4 is 45.9 Å². The van der Waals surface area contributed by atoms with E-state index in [0.29, 0.717) is 22.6 Å². The number of nitrogens with zero attached hydrogens (tertiary/aromatic N) is 4. The highest BCUT2D eigenvalue weighted by atomic mass is 35.5. The number of hydrogen-bond acceptors (Lipinski definition) is 5. The quantitative estimate of drug-likeness (QED) is 0.536. The molecule has 2 fully saturated rings. The van der Waals surface area contributed by atoms with Gasteiger partial charge in [0.2, 0.25) is 0 Å². The van der Waals surface area contributed by atoms with Gasteiger partial charge < -0.3 is 10.0 Å². The number of benzene rings is 2. The molecular formula is C25H26Cl2N4O2. The highest BCUT2D eigenvalue weighted by molar-refractivity contribution is 6.42. The maximum atomic E-state index is 11.5. The summed E-state index contributed by atoms with van der Waals surface area (Å²) in [6.07, 6.45) is 5.36. The molecular weight excluding hydrogens is 459 g/mol. The van der Waals surface area contributed by atoms with Crippen molar-refractivity contribution in [1.82, 2.24) is 14.9 Å². The summed E-state index contributed by atoms with van der Waals surface area (Å²) in [4.78, 5) is 25.4. The SMILES string of the molecule is O=C(O)C1CCCN(C2CCN(c3ncnc4cccc(-c5ccc(Cl)c(Cl)c5)c34)CC2)C1. The summed E-state index contributed by atoms with van der Waals surface area (Å²) in [5, 5.41) is 11.5. The van der Waals surface area contributed by atoms with Crippen LogP contribution in [0.15, 0.2) is 42.7 Å². The minimum absolute atomic E-state index is 0.239. The van der Waals surface area contributed by atoms with Crippen LogP contribution in [0.5, 0.6) is 0 Å². The maximum absolute atomic E-state index is 11.5. The molecule has 172 valence electrons. The van der Waals surface area contributed by atoms with Crippen LogP contribution in [0.25, 0.3) is 22.0 Å². The Morgan fingerprint density at radius 1 is 1.00 bits per heavy atom. The summed E-state index contributed by atoms with van der Waals surface area (Å²) in [5.41, 5.74) is 2.91. The molecule has 3 aromatic rings. The third-order valence-electron chi connectivity index (χ3n) is 6.96. The van der Waals surface area contributed by atoms with Gasteiger partial charge in [0.15, 0.2) is 0 Å². The van der Waals surface area contributed by atoms with E-state index in [9.17, 15) is 9.90 Å². The van der Waals surface area contributed by atoms with Crippen LogP contribution in [0.3, 0.4) is 0 Å². The lowest BCUT2D eigenvalue weighted by atomic mass is 9.93. The van der Waals surface area contributed by atoms with E-state index in [0.717, 1.165) is 73.2 Å². The fourth-order valence-corrected chi connectivity index (χ4v) is 5.52. The summed E-state index contributed by atoms with van der Waals surface area (Å²) < 4.78 is 0. The van der Waals surface area contributed by atoms with Crippen LogP contribution in [0, 0.1) is 5.92 Å². The number of carbonyl (C=O) groups is 1. The minimum atomic E-state index is -0.667. The normalized spacial score (nSPS) is 20.3. The molecule has 0 amide bonds. The number of carboxylic acid groups (broad SMARTS) is 1. The molecule has 1 unspecified atom stereocenters. The molecule has 0 bridgehead atoms. The summed E-state index contributed by atoms with van der Waals surface area (Å²) in [6.45, 7) is 3.41. The van der Waals surface area contributed by atoms with Gasteiger partial charge in [0.05, 0.1) is 26.9 Å². The molecule has 5 rings (SSSR count). The lowest BCUT2D eigenvalue weighted by molar-refractivity contribution is -0.144. The molecule has 6 nitrogen and oxygen atoms in total. The van der Waals surface area contributed by atoms with Crippen LogP contribution < -0.4 is 4.90 Å². The molecule has 2 aromatic carbocycles. The first-order valence-corrected chi connectivity index (χ1v) is 12.2. The van der Waals surface area contributed by atoms with Crippen LogP contribution in [-0.2, 0) is 4.79 Å². The maximum Gasteiger partial charge on any atom is 0.307 e. The van der Waals surface area contributed by atoms with Crippen LogP contribution in [-0.4, -0.2) is 58.2 Å². The Labute approximate surface area is 203 Å². The van der Waals surface area contributed by atoms with Gasteiger partial charge in [-0.1, -0.05) is 41.4 Å². The van der Waals surface area contributed by atoms with Gasteiger partial charge in [0.1, 0.15) is 12.1 Å². The van der Waals surface area contributed by atoms with Crippen LogP contribution in [0.1, 0.15) is 25.7 Å². The molecule has 0 saturated carbocycles. The Morgan fingerprint density at radius 2 is 1.82 bits per heavy atom. The average molecular weight is 485 g/mol. The highest BCUT2D eigenvalue weighted by Gasteiger charge is 2.32. The molecule has 8 heteroatoms. The van der Waals surface area contributed by atoms with Crippen molar-refractivity contribution in [2.45, 2.75) is 31.7 Å². The third kappa shape index (κ3) is 4.52. The summed E-state index contributed by atoms with van der Waals surface area (Å²) in [7, 11) is 0. The van der Waals surface area contributed by atoms with Crippen LogP contribution in [0.4, 0.5) is 5.82 Å². The fourth-order valence-electron chi connectivity index (χ4n) is 5.22. The van der Waals surface area contributed by atoms with Gasteiger partial charge in [-0.3, -0.25) is 9.69 Å². The van der Waals surface area contributed by atoms with Crippen LogP contribution in [0.2, 0.25) is 10.0 Å². The van der Waals surface area contributed by atoms with Gasteiger partial charge in [-0.2, -0.15) is 0 Å². The smallest absolute Gasteiger partial charge is 0.307 e. The molecule has 2 aliphatic rings. The Morgan fingerprint density at radius 3 is 2.58 bits per heavy atom. The van der Waals surface area contributed by atoms with Gasteiger partial charge in [-0.15, -0.1) is 0 Å². The van der Waals surface area contributed by atoms with Crippen molar-refractivity contribution in [2.75, 3.05) is 31.1 Å². The highest BCUT2D eigenvalue weighted by Crippen LogP contribution is 2.37. The Hall–Kier alpha value is -2.41. The number of piperidine rings is 2. The summed E-state index contributed by atoms with van der Waals surface area (Å²) in [6, 6.07) is 12.2. The molecule has 0 spiro atoms. The second kappa shape index (κ2) is 9.45. The van der Waals surface area contributed by atoms with E-state index >= 15 is 0 Å². The summed E-state index contributed by atoms with van der Waals surface area (Å²) in [5.74, 6) is 0.0259. The first-order chi connectivity index (χ1) is 16.0. The van der Waals surface area contributed by atoms with Crippen molar-refractivity contribution < 1.29 is 9.90 Å². The Kier molecular flexibility index (Phi) is 6.41. The second-order valence-electron chi connectivity index (χ2n) is 8.92. The molecule has 1 N–H and O–H groups in total. The molecule has 1 aromatic heterocycles. The number of halogens is 2. The largest absolute Gasteiger partial charge is 0.481 e. The topological polar surface area (TPSA) is 69.6 Å². The molecule has 0 radical (unpaired) electrons. The predicted octanol–water partition coefficient (Wildman–Crippen LogP) is 5.37. The lowest BCUT2D eigenvalue weighted by Crippen LogP contribution is -2.49. The van der Waals surface area contributed by atoms with Crippen molar-refractivity contribution in [3.63, 3.8) is 0 Å². The average Bonchev–Trinajstić information content (AvgIpc) is 2.85. The first kappa shape index (κ1) is 22.4. The van der Waals surface area contributed by atoms with E-state index < -0.39 is 5.97 Å². The van der Waals surface area contributed by atoms with E-state index in [1.165, 1.54) is 0 Å². The zero-order chi connectivity index (χ0) is 22.9. The number of anilines is 1. The molecule has 3 heterocycles. The molecule has 33 heavy (non-hydrogen) atoms. The number of fused-ring (bicyclic) bond motifs is 1. The predicted molar refractivity (Wildman–Crippen MR) is 132 cm³/mol. The van der Waals surface area contributed by atoms with Gasteiger partial charge >= 0.3 is 5.97 Å². The van der Waals surface area contributed by atoms with Crippen molar-refractivity contribution in [3.05, 3.63) is 52.8 Å². The number of aromatic nitrogens is 2. The molecule has 2 saturated heterocycles. The van der Waals surface area contributed by atoms with Gasteiger partial charge in [-0.05, 0) is 61.6 Å². The number of carboxylic acids is 1. The number of rotatable bonds is 4. The van der Waals surface area contributed by atoms with E-state index in [1.54, 1.807) is 6.33 Å². The van der Waals surface area contributed by atoms with E-state index in [2.05, 4.69) is 20.9 Å². The van der Waals surface area contributed by atoms with E-state index in [-0.39, 0.29) is 5.92 Å². The Balaban J connectivity index is 1.41. The van der Waals surface area contributed by atoms with Gasteiger partial charge in [0, 0.05) is 25.7 Å². The number of likely N-dealkylation sites (tertiary alicyclic amines) is 1. The van der Waals surface area contributed by atoms with E-state index in [4.69, 9.17) is 28.2 Å². The molecule has 0 aliphatic carbocycles. The van der Waals surface area contributed by atoms with Gasteiger partial charge in [-0.25, -0.2) is 9.97 Å². The standard InChI is InChI=1S/C25H26Cl2N4O2/c26-20-7-6-16(13-21(20)27)19-4-1-5-22-23(19)24(29-15-28-22)30-11-8-18(9-12-30)31-10-2-3-17(14-31)25(32)33/h1,4-7,13,15,17-18H,2-3,8-12,14H2,(H,32,33). The zero-order valence-electron chi connectivity index (χ0n) is 18.3. The zero-order valence-corrected chi connectivity index (χ0v) is 19.8. The molecule has 1 atom stereocenters. The fraction of sp³-hybridized carbons (Fsp3) is 0.400. The van der Waals surface area contributed by atoms with Crippen molar-refractivity contribution in [2.24, 2.45) is 5.92 Å². The monoisotopic (exact) mass is 484 g/mol. The van der Waals surface area contributed by atoms with E-state index in [1.807, 2.05) is 30.3 Å². The first-order valence-electron chi connectivity index (χ1n) is 11.4. The second-order valence-corrected chi connectivity index (χ2v) is 9.73. The number of hydrogen-bond donors (Lipinski definition) is 1. The Bertz CT molecular complexity index is 1180. The minimum Gasteiger partial charge on any atom is -0.481 e. The van der Waals surface area contributed by atoms with Crippen molar-refractivity contribution in [1.29, 1.82) is 0 Å². The van der Waals surface area contributed by atoms with Gasteiger partial charge in [0.25, 0.3) is 0 Å². The third-order valence-corrected chi connectivity index (χ3v) is 7.70. The molecule has 2 aliphatic heterocycles. The van der Waals surface area contributed by atoms with Crippen molar-refractivity contribution in [3.8, 4) is 11.1 Å². The van der Waals surface area contributed by atoms with Crippen LogP contribution >= 0.6 is 23.2 Å². The number of aliphatic carboxylic acids is 1.